The van der Waals surface area contributed by atoms with E-state index in [2.05, 4.69) is 10.1 Å². The first-order valence-corrected chi connectivity index (χ1v) is 6.82. The largest absolute Gasteiger partial charge is 0.422 e. The second kappa shape index (κ2) is 4.14. The van der Waals surface area contributed by atoms with Gasteiger partial charge in [-0.1, -0.05) is 5.16 Å². The molecular formula is C13H13N3O5. The summed E-state index contributed by atoms with van der Waals surface area (Å²) in [6, 6.07) is 0. The lowest BCUT2D eigenvalue weighted by Crippen LogP contribution is -2.61. The van der Waals surface area contributed by atoms with Crippen molar-refractivity contribution in [2.75, 3.05) is 13.1 Å². The van der Waals surface area contributed by atoms with E-state index >= 15 is 0 Å². The van der Waals surface area contributed by atoms with Crippen LogP contribution in [0.3, 0.4) is 0 Å². The van der Waals surface area contributed by atoms with Gasteiger partial charge in [0.1, 0.15) is 0 Å². The molecule has 4 aliphatic heterocycles. The Morgan fingerprint density at radius 1 is 1.24 bits per heavy atom. The van der Waals surface area contributed by atoms with Gasteiger partial charge in [-0.3, -0.25) is 0 Å². The first-order valence-electron chi connectivity index (χ1n) is 6.82. The number of hydrogen-bond acceptors (Lipinski definition) is 8. The summed E-state index contributed by atoms with van der Waals surface area (Å²) in [5, 5.41) is 3.73. The molecule has 5 heterocycles. The van der Waals surface area contributed by atoms with Crippen LogP contribution in [0, 0.1) is 12.8 Å². The summed E-state index contributed by atoms with van der Waals surface area (Å²) >= 11 is 0. The smallest absolute Gasteiger partial charge is 0.396 e. The quantitative estimate of drug-likeness (QED) is 0.536. The molecule has 0 unspecified atom stereocenters. The minimum Gasteiger partial charge on any atom is -0.396 e. The first kappa shape index (κ1) is 12.5. The highest BCUT2D eigenvalue weighted by Gasteiger charge is 2.61. The average molecular weight is 291 g/mol. The van der Waals surface area contributed by atoms with E-state index in [0.29, 0.717) is 30.4 Å². The molecule has 0 amide bonds. The molecule has 0 saturated carbocycles. The van der Waals surface area contributed by atoms with Crippen LogP contribution in [-0.4, -0.2) is 46.0 Å². The van der Waals surface area contributed by atoms with Gasteiger partial charge in [0.2, 0.25) is 0 Å². The predicted octanol–water partition coefficient (Wildman–Crippen LogP) is 0.241. The third kappa shape index (κ3) is 1.72. The molecule has 0 radical (unpaired) electrons. The molecule has 8 heteroatoms. The van der Waals surface area contributed by atoms with Gasteiger partial charge < -0.3 is 14.0 Å². The number of nitrogens with zero attached hydrogens (tertiary/aromatic N) is 3. The predicted molar refractivity (Wildman–Crippen MR) is 66.2 cm³/mol. The molecule has 1 spiro atoms. The number of esters is 2. The lowest BCUT2D eigenvalue weighted by Gasteiger charge is -2.49. The summed E-state index contributed by atoms with van der Waals surface area (Å²) < 4.78 is 15.7. The highest BCUT2D eigenvalue weighted by Crippen LogP contribution is 2.47. The molecule has 4 saturated heterocycles. The second-order valence-corrected chi connectivity index (χ2v) is 5.40. The van der Waals surface area contributed by atoms with Crippen molar-refractivity contribution in [3.63, 3.8) is 0 Å². The summed E-state index contributed by atoms with van der Waals surface area (Å²) in [7, 11) is 0. The van der Waals surface area contributed by atoms with Gasteiger partial charge in [-0.2, -0.15) is 4.98 Å². The van der Waals surface area contributed by atoms with E-state index in [0.717, 1.165) is 12.8 Å². The molecule has 5 rings (SSSR count). The van der Waals surface area contributed by atoms with E-state index in [1.807, 2.05) is 4.90 Å². The Morgan fingerprint density at radius 3 is 2.48 bits per heavy atom. The Bertz CT molecular complexity index is 641. The van der Waals surface area contributed by atoms with Gasteiger partial charge in [-0.05, 0) is 25.7 Å². The van der Waals surface area contributed by atoms with Crippen LogP contribution in [0.1, 0.15) is 24.6 Å². The van der Waals surface area contributed by atoms with Crippen molar-refractivity contribution in [3.05, 3.63) is 17.3 Å². The molecule has 0 aliphatic carbocycles. The Labute approximate surface area is 119 Å². The van der Waals surface area contributed by atoms with Gasteiger partial charge in [-0.15, -0.1) is 0 Å². The number of aromatic nitrogens is 2. The molecule has 4 fully saturated rings. The summed E-state index contributed by atoms with van der Waals surface area (Å²) in [6.45, 7) is 3.14. The Morgan fingerprint density at radius 2 is 1.90 bits per heavy atom. The summed E-state index contributed by atoms with van der Waals surface area (Å²) in [5.74, 6) is -2.35. The van der Waals surface area contributed by atoms with Gasteiger partial charge >= 0.3 is 17.8 Å². The van der Waals surface area contributed by atoms with E-state index in [-0.39, 0.29) is 5.92 Å². The highest BCUT2D eigenvalue weighted by atomic mass is 16.8. The average Bonchev–Trinajstić information content (AvgIpc) is 3.00. The van der Waals surface area contributed by atoms with Gasteiger partial charge in [0.25, 0.3) is 5.89 Å². The van der Waals surface area contributed by atoms with Gasteiger partial charge in [0.05, 0.1) is 0 Å². The molecule has 0 atom stereocenters. The maximum atomic E-state index is 11.5. The van der Waals surface area contributed by atoms with Crippen LogP contribution >= 0.6 is 0 Å². The van der Waals surface area contributed by atoms with Crippen LogP contribution in [0.25, 0.3) is 6.08 Å². The lowest BCUT2D eigenvalue weighted by atomic mass is 9.80. The van der Waals surface area contributed by atoms with Crippen LogP contribution in [0.4, 0.5) is 0 Å². The maximum Gasteiger partial charge on any atom is 0.422 e. The van der Waals surface area contributed by atoms with Crippen molar-refractivity contribution >= 4 is 18.0 Å². The number of aryl methyl sites for hydroxylation is 1. The molecular weight excluding hydrogens is 278 g/mol. The summed E-state index contributed by atoms with van der Waals surface area (Å²) in [5.41, 5.74) is 0.697. The van der Waals surface area contributed by atoms with E-state index in [4.69, 9.17) is 14.0 Å². The Kier molecular flexibility index (Phi) is 2.47. The summed E-state index contributed by atoms with van der Waals surface area (Å²) in [6.07, 6.45) is 3.49. The zero-order chi connectivity index (χ0) is 14.6. The molecule has 2 bridgehead atoms. The molecule has 4 aliphatic rings. The van der Waals surface area contributed by atoms with E-state index in [9.17, 15) is 9.59 Å². The molecule has 0 aromatic carbocycles. The van der Waals surface area contributed by atoms with Crippen LogP contribution in [0.5, 0.6) is 0 Å². The molecule has 1 aromatic heterocycles. The molecule has 1 aromatic rings. The monoisotopic (exact) mass is 291 g/mol. The van der Waals surface area contributed by atoms with Gasteiger partial charge in [0.15, 0.2) is 5.82 Å². The number of rotatable bonds is 1. The van der Waals surface area contributed by atoms with E-state index in [1.165, 1.54) is 0 Å². The first-order chi connectivity index (χ1) is 10.1. The second-order valence-electron chi connectivity index (χ2n) is 5.40. The van der Waals surface area contributed by atoms with Crippen molar-refractivity contribution in [3.8, 4) is 0 Å². The lowest BCUT2D eigenvalue weighted by molar-refractivity contribution is -0.251. The Hall–Kier alpha value is -2.22. The van der Waals surface area contributed by atoms with E-state index < -0.39 is 17.8 Å². The van der Waals surface area contributed by atoms with Crippen molar-refractivity contribution in [2.24, 2.45) is 5.92 Å². The zero-order valence-corrected chi connectivity index (χ0v) is 11.4. The SMILES string of the molecule is Cc1noc(/C=C2\C3CCN(CC3)C23OC(=O)C(=O)O3)n1. The minimum atomic E-state index is -1.42. The van der Waals surface area contributed by atoms with Crippen molar-refractivity contribution < 1.29 is 23.6 Å². The molecule has 0 N–H and O–H groups in total. The van der Waals surface area contributed by atoms with Crippen LogP contribution in [0.2, 0.25) is 0 Å². The highest BCUT2D eigenvalue weighted by molar-refractivity contribution is 6.31. The topological polar surface area (TPSA) is 94.8 Å². The normalized spacial score (nSPS) is 31.8. The van der Waals surface area contributed by atoms with Crippen LogP contribution in [-0.2, 0) is 19.1 Å². The number of carbonyl (C=O) groups excluding carboxylic acids is 2. The van der Waals surface area contributed by atoms with Crippen molar-refractivity contribution in [1.82, 2.24) is 15.0 Å². The molecule has 110 valence electrons. The summed E-state index contributed by atoms with van der Waals surface area (Å²) in [4.78, 5) is 29.0. The third-order valence-corrected chi connectivity index (χ3v) is 4.17. The number of hydrogen-bond donors (Lipinski definition) is 0. The maximum absolute atomic E-state index is 11.5. The molecule has 8 nitrogen and oxygen atoms in total. The standard InChI is InChI=1S/C13H13N3O5/c1-7-14-10(21-15-7)6-9-8-2-4-16(5-3-8)13(9)19-11(17)12(18)20-13/h6,8H,2-5H2,1H3/b9-6+. The fourth-order valence-corrected chi connectivity index (χ4v) is 3.24. The number of ether oxygens (including phenoxy) is 2. The molecule has 21 heavy (non-hydrogen) atoms. The number of fused-ring (bicyclic) bond motifs is 2. The van der Waals surface area contributed by atoms with Crippen molar-refractivity contribution in [1.29, 1.82) is 0 Å². The van der Waals surface area contributed by atoms with Crippen LogP contribution < -0.4 is 0 Å². The van der Waals surface area contributed by atoms with E-state index in [1.54, 1.807) is 13.0 Å². The number of piperidine rings is 3. The zero-order valence-electron chi connectivity index (χ0n) is 11.4. The third-order valence-electron chi connectivity index (χ3n) is 4.17. The Balaban J connectivity index is 1.80. The van der Waals surface area contributed by atoms with Gasteiger partial charge in [-0.25, -0.2) is 14.5 Å². The van der Waals surface area contributed by atoms with Crippen molar-refractivity contribution in [2.45, 2.75) is 25.7 Å². The van der Waals surface area contributed by atoms with Crippen LogP contribution in [0.15, 0.2) is 10.1 Å². The van der Waals surface area contributed by atoms with Gasteiger partial charge in [0, 0.05) is 24.7 Å². The fraction of sp³-hybridized carbons (Fsp3) is 0.538. The minimum absolute atomic E-state index is 0.168. The number of carbonyl (C=O) groups is 2. The fourth-order valence-electron chi connectivity index (χ4n) is 3.24.